The molecule has 2 heterocycles. The van der Waals surface area contributed by atoms with E-state index in [1.165, 1.54) is 12.3 Å². The van der Waals surface area contributed by atoms with E-state index < -0.39 is 10.0 Å². The zero-order valence-corrected chi connectivity index (χ0v) is 13.5. The second-order valence-corrected chi connectivity index (χ2v) is 7.28. The van der Waals surface area contributed by atoms with Crippen molar-refractivity contribution in [2.75, 3.05) is 19.6 Å². The molecule has 1 aromatic heterocycles. The molecule has 1 aliphatic rings. The van der Waals surface area contributed by atoms with Gasteiger partial charge in [0, 0.05) is 18.8 Å². The SMILES string of the molecule is CCN1CCCC(NS(=O)(=O)c2cnc(Cl)c(Cl)c2)C1. The molecular weight excluding hydrogens is 321 g/mol. The van der Waals surface area contributed by atoms with Crippen LogP contribution in [-0.4, -0.2) is 44.0 Å². The Morgan fingerprint density at radius 3 is 2.90 bits per heavy atom. The van der Waals surface area contributed by atoms with Crippen molar-refractivity contribution in [2.24, 2.45) is 0 Å². The van der Waals surface area contributed by atoms with Gasteiger partial charge in [0.2, 0.25) is 10.0 Å². The molecule has 0 aliphatic carbocycles. The molecule has 1 atom stereocenters. The zero-order chi connectivity index (χ0) is 14.8. The highest BCUT2D eigenvalue weighted by molar-refractivity contribution is 7.89. The second kappa shape index (κ2) is 6.58. The van der Waals surface area contributed by atoms with E-state index in [0.717, 1.165) is 32.5 Å². The van der Waals surface area contributed by atoms with Crippen LogP contribution in [-0.2, 0) is 10.0 Å². The van der Waals surface area contributed by atoms with Crippen molar-refractivity contribution in [3.63, 3.8) is 0 Å². The van der Waals surface area contributed by atoms with Crippen molar-refractivity contribution < 1.29 is 8.42 Å². The van der Waals surface area contributed by atoms with Crippen molar-refractivity contribution >= 4 is 33.2 Å². The fourth-order valence-corrected chi connectivity index (χ4v) is 3.84. The molecule has 0 bridgehead atoms. The van der Waals surface area contributed by atoms with Crippen molar-refractivity contribution in [3.8, 4) is 0 Å². The lowest BCUT2D eigenvalue weighted by Crippen LogP contribution is -2.47. The van der Waals surface area contributed by atoms with Crippen LogP contribution >= 0.6 is 23.2 Å². The molecule has 2 rings (SSSR count). The smallest absolute Gasteiger partial charge is 0.242 e. The fraction of sp³-hybridized carbons (Fsp3) is 0.583. The van der Waals surface area contributed by atoms with Gasteiger partial charge in [-0.3, -0.25) is 0 Å². The Morgan fingerprint density at radius 2 is 2.25 bits per heavy atom. The number of piperidine rings is 1. The van der Waals surface area contributed by atoms with Crippen LogP contribution in [0.25, 0.3) is 0 Å². The maximum Gasteiger partial charge on any atom is 0.242 e. The van der Waals surface area contributed by atoms with Crippen molar-refractivity contribution in [3.05, 3.63) is 22.4 Å². The van der Waals surface area contributed by atoms with Crippen LogP contribution in [0.5, 0.6) is 0 Å². The number of rotatable bonds is 4. The molecule has 1 fully saturated rings. The van der Waals surface area contributed by atoms with Crippen molar-refractivity contribution in [2.45, 2.75) is 30.7 Å². The molecule has 112 valence electrons. The van der Waals surface area contributed by atoms with Gasteiger partial charge >= 0.3 is 0 Å². The molecule has 20 heavy (non-hydrogen) atoms. The minimum atomic E-state index is -3.61. The van der Waals surface area contributed by atoms with Crippen molar-refractivity contribution in [1.82, 2.24) is 14.6 Å². The zero-order valence-electron chi connectivity index (χ0n) is 11.1. The Hall–Kier alpha value is -0.400. The lowest BCUT2D eigenvalue weighted by molar-refractivity contribution is 0.211. The first-order chi connectivity index (χ1) is 9.42. The third kappa shape index (κ3) is 3.83. The Kier molecular flexibility index (Phi) is 5.25. The highest BCUT2D eigenvalue weighted by atomic mass is 35.5. The topological polar surface area (TPSA) is 62.3 Å². The van der Waals surface area contributed by atoms with Crippen LogP contribution in [0.3, 0.4) is 0 Å². The van der Waals surface area contributed by atoms with Gasteiger partial charge in [-0.1, -0.05) is 30.1 Å². The van der Waals surface area contributed by atoms with Crippen LogP contribution < -0.4 is 4.72 Å². The maximum atomic E-state index is 12.3. The fourth-order valence-electron chi connectivity index (χ4n) is 2.28. The molecule has 5 nitrogen and oxygen atoms in total. The molecule has 1 N–H and O–H groups in total. The predicted molar refractivity (Wildman–Crippen MR) is 79.7 cm³/mol. The summed E-state index contributed by atoms with van der Waals surface area (Å²) >= 11 is 11.5. The second-order valence-electron chi connectivity index (χ2n) is 4.80. The minimum absolute atomic E-state index is 0.0421. The summed E-state index contributed by atoms with van der Waals surface area (Å²) in [5, 5.41) is 0.230. The average Bonchev–Trinajstić information content (AvgIpc) is 2.41. The van der Waals surface area contributed by atoms with E-state index in [4.69, 9.17) is 23.2 Å². The van der Waals surface area contributed by atoms with Gasteiger partial charge in [0.1, 0.15) is 10.0 Å². The number of likely N-dealkylation sites (N-methyl/N-ethyl adjacent to an activating group) is 1. The number of sulfonamides is 1. The summed E-state index contributed by atoms with van der Waals surface area (Å²) < 4.78 is 27.3. The molecule has 1 saturated heterocycles. The number of likely N-dealkylation sites (tertiary alicyclic amines) is 1. The Bertz CT molecular complexity index is 580. The molecule has 8 heteroatoms. The summed E-state index contributed by atoms with van der Waals surface area (Å²) in [7, 11) is -3.61. The Morgan fingerprint density at radius 1 is 1.50 bits per heavy atom. The normalized spacial score (nSPS) is 21.1. The third-order valence-corrected chi connectivity index (χ3v) is 5.53. The molecule has 0 aromatic carbocycles. The number of nitrogens with one attached hydrogen (secondary N) is 1. The molecule has 0 radical (unpaired) electrons. The van der Waals surface area contributed by atoms with Gasteiger partial charge in [-0.05, 0) is 32.0 Å². The summed E-state index contributed by atoms with van der Waals surface area (Å²) in [5.41, 5.74) is 0. The van der Waals surface area contributed by atoms with E-state index in [9.17, 15) is 8.42 Å². The van der Waals surface area contributed by atoms with Crippen molar-refractivity contribution in [1.29, 1.82) is 0 Å². The summed E-state index contributed by atoms with van der Waals surface area (Å²) in [6.45, 7) is 4.74. The van der Waals surface area contributed by atoms with Gasteiger partial charge in [-0.25, -0.2) is 18.1 Å². The monoisotopic (exact) mass is 337 g/mol. The van der Waals surface area contributed by atoms with E-state index in [-0.39, 0.29) is 21.1 Å². The minimum Gasteiger partial charge on any atom is -0.302 e. The van der Waals surface area contributed by atoms with E-state index >= 15 is 0 Å². The van der Waals surface area contributed by atoms with E-state index in [0.29, 0.717) is 0 Å². The first-order valence-electron chi connectivity index (χ1n) is 6.48. The van der Waals surface area contributed by atoms with Gasteiger partial charge in [-0.15, -0.1) is 0 Å². The van der Waals surface area contributed by atoms with E-state index in [1.807, 2.05) is 0 Å². The number of hydrogen-bond acceptors (Lipinski definition) is 4. The van der Waals surface area contributed by atoms with Crippen LogP contribution in [0.15, 0.2) is 17.2 Å². The largest absolute Gasteiger partial charge is 0.302 e. The number of hydrogen-bond donors (Lipinski definition) is 1. The van der Waals surface area contributed by atoms with Gasteiger partial charge in [-0.2, -0.15) is 0 Å². The van der Waals surface area contributed by atoms with Gasteiger partial charge in [0.05, 0.1) is 5.02 Å². The number of aromatic nitrogens is 1. The van der Waals surface area contributed by atoms with Gasteiger partial charge < -0.3 is 4.90 Å². The van der Waals surface area contributed by atoms with Gasteiger partial charge in [0.25, 0.3) is 0 Å². The standard InChI is InChI=1S/C12H17Cl2N3O2S/c1-2-17-5-3-4-9(8-17)16-20(18,19)10-6-11(13)12(14)15-7-10/h6-7,9,16H,2-5,8H2,1H3. The molecular formula is C12H17Cl2N3O2S. The predicted octanol–water partition coefficient (Wildman–Crippen LogP) is 2.15. The summed E-state index contributed by atoms with van der Waals surface area (Å²) in [5.74, 6) is 0. The molecule has 1 aliphatic heterocycles. The van der Waals surface area contributed by atoms with Crippen LogP contribution in [0.1, 0.15) is 19.8 Å². The van der Waals surface area contributed by atoms with E-state index in [1.54, 1.807) is 0 Å². The average molecular weight is 338 g/mol. The Balaban J connectivity index is 2.12. The molecule has 0 amide bonds. The molecule has 0 spiro atoms. The third-order valence-electron chi connectivity index (χ3n) is 3.36. The lowest BCUT2D eigenvalue weighted by Gasteiger charge is -2.32. The first kappa shape index (κ1) is 16.0. The molecule has 1 aromatic rings. The quantitative estimate of drug-likeness (QED) is 0.855. The first-order valence-corrected chi connectivity index (χ1v) is 8.72. The summed E-state index contributed by atoms with van der Waals surface area (Å²) in [6, 6.07) is 1.24. The number of pyridine rings is 1. The van der Waals surface area contributed by atoms with Crippen LogP contribution in [0.4, 0.5) is 0 Å². The summed E-state index contributed by atoms with van der Waals surface area (Å²) in [4.78, 5) is 6.04. The highest BCUT2D eigenvalue weighted by Crippen LogP contribution is 2.22. The van der Waals surface area contributed by atoms with Gasteiger partial charge in [0.15, 0.2) is 0 Å². The van der Waals surface area contributed by atoms with E-state index in [2.05, 4.69) is 21.5 Å². The molecule has 1 unspecified atom stereocenters. The summed E-state index contributed by atoms with van der Waals surface area (Å²) in [6.07, 6.45) is 3.04. The van der Waals surface area contributed by atoms with Crippen LogP contribution in [0, 0.1) is 0 Å². The van der Waals surface area contributed by atoms with Crippen LogP contribution in [0.2, 0.25) is 10.2 Å². The molecule has 0 saturated carbocycles. The lowest BCUT2D eigenvalue weighted by atomic mass is 10.1. The maximum absolute atomic E-state index is 12.3. The Labute approximate surface area is 129 Å². The number of nitrogens with zero attached hydrogens (tertiary/aromatic N) is 2. The number of halogens is 2. The highest BCUT2D eigenvalue weighted by Gasteiger charge is 2.25.